The van der Waals surface area contributed by atoms with E-state index in [9.17, 15) is 0 Å². The predicted molar refractivity (Wildman–Crippen MR) is 108 cm³/mol. The third kappa shape index (κ3) is 3.46. The number of aromatic amines is 1. The molecule has 7 heteroatoms. The van der Waals surface area contributed by atoms with Crippen molar-refractivity contribution in [2.24, 2.45) is 0 Å². The molecular formula is C20H20N6S. The van der Waals surface area contributed by atoms with Crippen molar-refractivity contribution >= 4 is 12.2 Å². The lowest BCUT2D eigenvalue weighted by Gasteiger charge is -2.07. The summed E-state index contributed by atoms with van der Waals surface area (Å²) in [6.07, 6.45) is 1.83. The summed E-state index contributed by atoms with van der Waals surface area (Å²) in [5.41, 5.74) is 6.45. The van der Waals surface area contributed by atoms with Crippen LogP contribution in [0.25, 0.3) is 17.1 Å². The van der Waals surface area contributed by atoms with Gasteiger partial charge >= 0.3 is 0 Å². The van der Waals surface area contributed by atoms with Crippen LogP contribution in [0.4, 0.5) is 0 Å². The van der Waals surface area contributed by atoms with E-state index >= 15 is 0 Å². The molecule has 4 rings (SSSR count). The maximum Gasteiger partial charge on any atom is 0.209 e. The molecule has 0 atom stereocenters. The van der Waals surface area contributed by atoms with Crippen molar-refractivity contribution in [2.45, 2.75) is 27.3 Å². The van der Waals surface area contributed by atoms with Crippen molar-refractivity contribution in [3.05, 3.63) is 75.6 Å². The average molecular weight is 376 g/mol. The SMILES string of the molecule is Cc1cccc(Cn2nnc(-c3c[nH]n(-c4cc(C)ccc4C)c3=S)n2)c1. The lowest BCUT2D eigenvalue weighted by atomic mass is 10.1. The predicted octanol–water partition coefficient (Wildman–Crippen LogP) is 4.16. The summed E-state index contributed by atoms with van der Waals surface area (Å²) in [7, 11) is 0. The van der Waals surface area contributed by atoms with Crippen LogP contribution in [0.5, 0.6) is 0 Å². The molecule has 6 nitrogen and oxygen atoms in total. The molecule has 0 aliphatic rings. The summed E-state index contributed by atoms with van der Waals surface area (Å²) in [5.74, 6) is 0.521. The topological polar surface area (TPSA) is 64.3 Å². The van der Waals surface area contributed by atoms with Crippen molar-refractivity contribution in [2.75, 3.05) is 0 Å². The number of rotatable bonds is 4. The Balaban J connectivity index is 1.66. The van der Waals surface area contributed by atoms with Crippen molar-refractivity contribution in [3.63, 3.8) is 0 Å². The summed E-state index contributed by atoms with van der Waals surface area (Å²) in [5, 5.41) is 16.1. The van der Waals surface area contributed by atoms with Crippen molar-refractivity contribution in [1.29, 1.82) is 0 Å². The minimum absolute atomic E-state index is 0.521. The van der Waals surface area contributed by atoms with Crippen LogP contribution in [0.2, 0.25) is 0 Å². The molecular weight excluding hydrogens is 356 g/mol. The van der Waals surface area contributed by atoms with Crippen molar-refractivity contribution in [3.8, 4) is 17.1 Å². The van der Waals surface area contributed by atoms with Gasteiger partial charge in [0, 0.05) is 6.20 Å². The summed E-state index contributed by atoms with van der Waals surface area (Å²) < 4.78 is 2.52. The molecule has 0 radical (unpaired) electrons. The number of benzene rings is 2. The Labute approximate surface area is 162 Å². The van der Waals surface area contributed by atoms with Crippen LogP contribution < -0.4 is 0 Å². The molecule has 2 aromatic carbocycles. The van der Waals surface area contributed by atoms with Gasteiger partial charge in [-0.05, 0) is 48.7 Å². The third-order valence-corrected chi connectivity index (χ3v) is 4.88. The van der Waals surface area contributed by atoms with E-state index in [4.69, 9.17) is 12.2 Å². The molecule has 0 saturated heterocycles. The largest absolute Gasteiger partial charge is 0.299 e. The standard InChI is InChI=1S/C20H20N6S/c1-13-5-4-6-16(9-13)12-25-23-19(22-24-25)17-11-21-26(20(17)27)18-10-14(2)7-8-15(18)3/h4-11,21H,12H2,1-3H3. The van der Waals surface area contributed by atoms with Gasteiger partial charge in [0.25, 0.3) is 0 Å². The lowest BCUT2D eigenvalue weighted by Crippen LogP contribution is -2.04. The van der Waals surface area contributed by atoms with E-state index in [1.165, 1.54) is 11.1 Å². The highest BCUT2D eigenvalue weighted by Gasteiger charge is 2.13. The highest BCUT2D eigenvalue weighted by Crippen LogP contribution is 2.21. The maximum absolute atomic E-state index is 5.66. The lowest BCUT2D eigenvalue weighted by molar-refractivity contribution is 0.572. The fraction of sp³-hybridized carbons (Fsp3) is 0.200. The van der Waals surface area contributed by atoms with E-state index in [1.54, 1.807) is 4.80 Å². The molecule has 0 aliphatic heterocycles. The number of nitrogens with one attached hydrogen (secondary N) is 1. The van der Waals surface area contributed by atoms with Gasteiger partial charge in [-0.2, -0.15) is 4.80 Å². The Bertz CT molecular complexity index is 1170. The van der Waals surface area contributed by atoms with Gasteiger partial charge in [-0.3, -0.25) is 5.10 Å². The first-order chi connectivity index (χ1) is 13.0. The molecule has 0 aliphatic carbocycles. The fourth-order valence-electron chi connectivity index (χ4n) is 3.06. The van der Waals surface area contributed by atoms with Gasteiger partial charge in [-0.25, -0.2) is 4.68 Å². The molecule has 1 N–H and O–H groups in total. The first-order valence-electron chi connectivity index (χ1n) is 8.73. The van der Waals surface area contributed by atoms with Crippen LogP contribution in [0.15, 0.2) is 48.7 Å². The van der Waals surface area contributed by atoms with Crippen LogP contribution in [0.1, 0.15) is 22.3 Å². The number of aromatic nitrogens is 6. The fourth-order valence-corrected chi connectivity index (χ4v) is 3.36. The molecule has 27 heavy (non-hydrogen) atoms. The Hall–Kier alpha value is -3.06. The van der Waals surface area contributed by atoms with Crippen molar-refractivity contribution < 1.29 is 0 Å². The minimum atomic E-state index is 0.521. The number of H-pyrrole nitrogens is 1. The molecule has 2 aromatic heterocycles. The zero-order valence-electron chi connectivity index (χ0n) is 15.5. The van der Waals surface area contributed by atoms with E-state index in [1.807, 2.05) is 16.9 Å². The van der Waals surface area contributed by atoms with E-state index in [0.717, 1.165) is 22.4 Å². The molecule has 0 bridgehead atoms. The zero-order chi connectivity index (χ0) is 19.0. The minimum Gasteiger partial charge on any atom is -0.299 e. The number of aryl methyl sites for hydroxylation is 3. The summed E-state index contributed by atoms with van der Waals surface area (Å²) >= 11 is 5.66. The molecule has 136 valence electrons. The van der Waals surface area contributed by atoms with Crippen LogP contribution in [0.3, 0.4) is 0 Å². The van der Waals surface area contributed by atoms with Gasteiger partial charge in [0.15, 0.2) is 0 Å². The van der Waals surface area contributed by atoms with E-state index < -0.39 is 0 Å². The zero-order valence-corrected chi connectivity index (χ0v) is 16.3. The number of hydrogen-bond donors (Lipinski definition) is 1. The smallest absolute Gasteiger partial charge is 0.209 e. The molecule has 0 unspecified atom stereocenters. The van der Waals surface area contributed by atoms with Gasteiger partial charge in [0.2, 0.25) is 5.82 Å². The summed E-state index contributed by atoms with van der Waals surface area (Å²) in [6, 6.07) is 14.6. The second-order valence-corrected chi connectivity index (χ2v) is 7.14. The van der Waals surface area contributed by atoms with Gasteiger partial charge in [0.05, 0.1) is 17.8 Å². The van der Waals surface area contributed by atoms with Crippen LogP contribution in [0, 0.1) is 25.4 Å². The highest BCUT2D eigenvalue weighted by molar-refractivity contribution is 7.71. The quantitative estimate of drug-likeness (QED) is 0.543. The molecule has 4 aromatic rings. The number of tetrazole rings is 1. The summed E-state index contributed by atoms with van der Waals surface area (Å²) in [4.78, 5) is 1.59. The maximum atomic E-state index is 5.66. The second-order valence-electron chi connectivity index (χ2n) is 6.75. The first kappa shape index (κ1) is 17.4. The van der Waals surface area contributed by atoms with E-state index in [-0.39, 0.29) is 0 Å². The Kier molecular flexibility index (Phi) is 4.45. The average Bonchev–Trinajstić information content (AvgIpc) is 3.23. The van der Waals surface area contributed by atoms with Crippen LogP contribution in [-0.2, 0) is 6.54 Å². The summed E-state index contributed by atoms with van der Waals surface area (Å²) in [6.45, 7) is 6.77. The first-order valence-corrected chi connectivity index (χ1v) is 9.14. The molecule has 0 fully saturated rings. The number of hydrogen-bond acceptors (Lipinski definition) is 4. The second kappa shape index (κ2) is 6.92. The van der Waals surface area contributed by atoms with Gasteiger partial charge < -0.3 is 0 Å². The van der Waals surface area contributed by atoms with E-state index in [0.29, 0.717) is 17.0 Å². The monoisotopic (exact) mass is 376 g/mol. The highest BCUT2D eigenvalue weighted by atomic mass is 32.1. The molecule has 0 saturated carbocycles. The molecule has 0 amide bonds. The number of nitrogens with zero attached hydrogens (tertiary/aromatic N) is 5. The van der Waals surface area contributed by atoms with Gasteiger partial charge in [0.1, 0.15) is 4.64 Å². The molecule has 0 spiro atoms. The normalized spacial score (nSPS) is 11.1. The Morgan fingerprint density at radius 1 is 1.04 bits per heavy atom. The van der Waals surface area contributed by atoms with Gasteiger partial charge in [-0.1, -0.05) is 54.2 Å². The Morgan fingerprint density at radius 2 is 1.85 bits per heavy atom. The third-order valence-electron chi connectivity index (χ3n) is 4.48. The Morgan fingerprint density at radius 3 is 2.67 bits per heavy atom. The van der Waals surface area contributed by atoms with Crippen molar-refractivity contribution in [1.82, 2.24) is 30.0 Å². The van der Waals surface area contributed by atoms with E-state index in [2.05, 4.69) is 77.7 Å². The molecule has 2 heterocycles. The van der Waals surface area contributed by atoms with Gasteiger partial charge in [-0.15, -0.1) is 10.2 Å². The van der Waals surface area contributed by atoms with Crippen LogP contribution >= 0.6 is 12.2 Å². The van der Waals surface area contributed by atoms with Crippen LogP contribution in [-0.4, -0.2) is 30.0 Å².